The molecule has 0 bridgehead atoms. The van der Waals surface area contributed by atoms with Gasteiger partial charge < -0.3 is 19.9 Å². The summed E-state index contributed by atoms with van der Waals surface area (Å²) in [4.78, 5) is 21.2. The van der Waals surface area contributed by atoms with Gasteiger partial charge in [-0.25, -0.2) is 4.98 Å². The highest BCUT2D eigenvalue weighted by Crippen LogP contribution is 2.25. The van der Waals surface area contributed by atoms with Gasteiger partial charge in [0.25, 0.3) is 5.91 Å². The summed E-state index contributed by atoms with van der Waals surface area (Å²) in [6.45, 7) is -0.240. The van der Waals surface area contributed by atoms with E-state index in [1.807, 2.05) is 24.3 Å². The molecule has 4 rings (SSSR count). The van der Waals surface area contributed by atoms with Crippen LogP contribution >= 0.6 is 22.9 Å². The van der Waals surface area contributed by atoms with Crippen LogP contribution in [-0.2, 0) is 0 Å². The predicted octanol–water partition coefficient (Wildman–Crippen LogP) is 5.10. The van der Waals surface area contributed by atoms with E-state index in [9.17, 15) is 13.6 Å². The van der Waals surface area contributed by atoms with Gasteiger partial charge >= 0.3 is 6.61 Å². The van der Waals surface area contributed by atoms with Crippen LogP contribution in [0.2, 0.25) is 5.02 Å². The van der Waals surface area contributed by atoms with Crippen LogP contribution in [0, 0.1) is 0 Å². The van der Waals surface area contributed by atoms with E-state index in [-0.39, 0.29) is 11.7 Å². The molecule has 0 atom stereocenters. The zero-order valence-electron chi connectivity index (χ0n) is 16.3. The number of piperazine rings is 1. The van der Waals surface area contributed by atoms with Crippen LogP contribution in [-0.4, -0.2) is 48.6 Å². The Morgan fingerprint density at radius 2 is 1.87 bits per heavy atom. The Labute approximate surface area is 187 Å². The van der Waals surface area contributed by atoms with Crippen molar-refractivity contribution in [1.29, 1.82) is 0 Å². The van der Waals surface area contributed by atoms with Crippen molar-refractivity contribution in [2.24, 2.45) is 0 Å². The fraction of sp³-hybridized carbons (Fsp3) is 0.238. The first-order valence-corrected chi connectivity index (χ1v) is 10.8. The topological polar surface area (TPSA) is 57.7 Å². The molecule has 3 aromatic rings. The Kier molecular flexibility index (Phi) is 6.53. The molecule has 0 saturated carbocycles. The quantitative estimate of drug-likeness (QED) is 0.549. The number of aromatic nitrogens is 1. The van der Waals surface area contributed by atoms with Crippen molar-refractivity contribution in [2.45, 2.75) is 6.61 Å². The van der Waals surface area contributed by atoms with Crippen molar-refractivity contribution in [1.82, 2.24) is 9.88 Å². The SMILES string of the molecule is O=C(c1csc(Nc2ccc(OC(F)F)cc2)n1)N1CCN(c2cccc(Cl)c2)CC1. The molecule has 0 spiro atoms. The molecule has 1 aromatic heterocycles. The van der Waals surface area contributed by atoms with Crippen molar-refractivity contribution in [2.75, 3.05) is 36.4 Å². The molecule has 6 nitrogen and oxygen atoms in total. The molecule has 1 aliphatic heterocycles. The van der Waals surface area contributed by atoms with Gasteiger partial charge in [-0.05, 0) is 42.5 Å². The Morgan fingerprint density at radius 1 is 1.13 bits per heavy atom. The molecule has 0 aliphatic carbocycles. The number of hydrogen-bond donors (Lipinski definition) is 1. The van der Waals surface area contributed by atoms with Crippen molar-refractivity contribution in [3.8, 4) is 5.75 Å². The maximum atomic E-state index is 12.8. The summed E-state index contributed by atoms with van der Waals surface area (Å²) in [7, 11) is 0. The number of carbonyl (C=O) groups excluding carboxylic acids is 1. The number of rotatable bonds is 6. The number of nitrogens with one attached hydrogen (secondary N) is 1. The van der Waals surface area contributed by atoms with Crippen LogP contribution < -0.4 is 15.0 Å². The molecule has 1 aliphatic rings. The van der Waals surface area contributed by atoms with Crippen molar-refractivity contribution in [3.63, 3.8) is 0 Å². The summed E-state index contributed by atoms with van der Waals surface area (Å²) in [6, 6.07) is 13.8. The average molecular weight is 465 g/mol. The van der Waals surface area contributed by atoms with E-state index in [0.29, 0.717) is 47.7 Å². The van der Waals surface area contributed by atoms with Crippen LogP contribution in [0.15, 0.2) is 53.9 Å². The molecular weight excluding hydrogens is 446 g/mol. The minimum Gasteiger partial charge on any atom is -0.435 e. The highest BCUT2D eigenvalue weighted by molar-refractivity contribution is 7.14. The highest BCUT2D eigenvalue weighted by Gasteiger charge is 2.24. The normalized spacial score (nSPS) is 14.1. The maximum Gasteiger partial charge on any atom is 0.387 e. The van der Waals surface area contributed by atoms with Gasteiger partial charge in [0, 0.05) is 48.0 Å². The molecule has 1 amide bonds. The molecule has 162 valence electrons. The van der Waals surface area contributed by atoms with Gasteiger partial charge in [0.15, 0.2) is 5.13 Å². The first-order valence-electron chi connectivity index (χ1n) is 9.55. The van der Waals surface area contributed by atoms with Crippen molar-refractivity contribution >= 4 is 45.4 Å². The number of nitrogens with zero attached hydrogens (tertiary/aromatic N) is 3. The summed E-state index contributed by atoms with van der Waals surface area (Å²) in [5.41, 5.74) is 2.08. The molecule has 2 heterocycles. The summed E-state index contributed by atoms with van der Waals surface area (Å²) < 4.78 is 28.8. The zero-order valence-corrected chi connectivity index (χ0v) is 17.9. The lowest BCUT2D eigenvalue weighted by atomic mass is 10.2. The lowest BCUT2D eigenvalue weighted by Crippen LogP contribution is -2.48. The van der Waals surface area contributed by atoms with Gasteiger partial charge in [-0.15, -0.1) is 11.3 Å². The lowest BCUT2D eigenvalue weighted by molar-refractivity contribution is -0.0498. The van der Waals surface area contributed by atoms with Crippen molar-refractivity contribution in [3.05, 3.63) is 64.6 Å². The fourth-order valence-corrected chi connectivity index (χ4v) is 4.16. The molecule has 1 fully saturated rings. The molecule has 31 heavy (non-hydrogen) atoms. The van der Waals surface area contributed by atoms with Gasteiger partial charge in [0.05, 0.1) is 0 Å². The molecule has 0 unspecified atom stereocenters. The fourth-order valence-electron chi connectivity index (χ4n) is 3.28. The standard InChI is InChI=1S/C21H19ClF2N4O2S/c22-14-2-1-3-16(12-14)27-8-10-28(11-9-27)19(29)18-13-31-21(26-18)25-15-4-6-17(7-5-15)30-20(23)24/h1-7,12-13,20H,8-11H2,(H,25,26). The van der Waals surface area contributed by atoms with Gasteiger partial charge in [-0.3, -0.25) is 4.79 Å². The average Bonchev–Trinajstić information content (AvgIpc) is 3.23. The van der Waals surface area contributed by atoms with Crippen LogP contribution in [0.3, 0.4) is 0 Å². The van der Waals surface area contributed by atoms with E-state index >= 15 is 0 Å². The number of hydrogen-bond acceptors (Lipinski definition) is 6. The zero-order chi connectivity index (χ0) is 21.8. The Bertz CT molecular complexity index is 1040. The van der Waals surface area contributed by atoms with E-state index in [2.05, 4.69) is 19.9 Å². The summed E-state index contributed by atoms with van der Waals surface area (Å²) >= 11 is 7.38. The first-order chi connectivity index (χ1) is 15.0. The maximum absolute atomic E-state index is 12.8. The lowest BCUT2D eigenvalue weighted by Gasteiger charge is -2.35. The number of benzene rings is 2. The van der Waals surface area contributed by atoms with E-state index in [1.165, 1.54) is 23.5 Å². The summed E-state index contributed by atoms with van der Waals surface area (Å²) in [5, 5.41) is 6.01. The van der Waals surface area contributed by atoms with Crippen molar-refractivity contribution < 1.29 is 18.3 Å². The van der Waals surface area contributed by atoms with Crippen LogP contribution in [0.1, 0.15) is 10.5 Å². The third-order valence-corrected chi connectivity index (χ3v) is 5.79. The Morgan fingerprint density at radius 3 is 2.55 bits per heavy atom. The number of alkyl halides is 2. The second-order valence-corrected chi connectivity index (χ2v) is 8.12. The molecule has 10 heteroatoms. The van der Waals surface area contributed by atoms with E-state index in [1.54, 1.807) is 22.4 Å². The molecule has 1 N–H and O–H groups in total. The first kappa shape index (κ1) is 21.3. The summed E-state index contributed by atoms with van der Waals surface area (Å²) in [5.74, 6) is -0.0387. The number of thiazole rings is 1. The molecular formula is C21H19ClF2N4O2S. The number of carbonyl (C=O) groups is 1. The van der Waals surface area contributed by atoms with E-state index in [0.717, 1.165) is 5.69 Å². The van der Waals surface area contributed by atoms with Crippen LogP contribution in [0.5, 0.6) is 5.75 Å². The minimum atomic E-state index is -2.86. The van der Waals surface area contributed by atoms with Gasteiger partial charge in [-0.2, -0.15) is 8.78 Å². The number of anilines is 3. The Hall–Kier alpha value is -2.91. The monoisotopic (exact) mass is 464 g/mol. The van der Waals surface area contributed by atoms with Gasteiger partial charge in [0.1, 0.15) is 11.4 Å². The van der Waals surface area contributed by atoms with Crippen LogP contribution in [0.4, 0.5) is 25.3 Å². The van der Waals surface area contributed by atoms with Gasteiger partial charge in [-0.1, -0.05) is 17.7 Å². The minimum absolute atomic E-state index is 0.0764. The number of ether oxygens (including phenoxy) is 1. The second-order valence-electron chi connectivity index (χ2n) is 6.82. The molecule has 1 saturated heterocycles. The van der Waals surface area contributed by atoms with Gasteiger partial charge in [0.2, 0.25) is 0 Å². The van der Waals surface area contributed by atoms with Crippen LogP contribution in [0.25, 0.3) is 0 Å². The molecule has 0 radical (unpaired) electrons. The third kappa shape index (κ3) is 5.42. The predicted molar refractivity (Wildman–Crippen MR) is 118 cm³/mol. The third-order valence-electron chi connectivity index (χ3n) is 4.79. The van der Waals surface area contributed by atoms with E-state index < -0.39 is 6.61 Å². The summed E-state index contributed by atoms with van der Waals surface area (Å²) in [6.07, 6.45) is 0. The largest absolute Gasteiger partial charge is 0.435 e. The van der Waals surface area contributed by atoms with E-state index in [4.69, 9.17) is 11.6 Å². The highest BCUT2D eigenvalue weighted by atomic mass is 35.5. The molecule has 2 aromatic carbocycles. The second kappa shape index (κ2) is 9.49. The smallest absolute Gasteiger partial charge is 0.387 e. The Balaban J connectivity index is 1.33. The number of halogens is 3. The number of amides is 1.